The van der Waals surface area contributed by atoms with Crippen LogP contribution in [-0.4, -0.2) is 11.1 Å². The normalized spacial score (nSPS) is 10.4. The van der Waals surface area contributed by atoms with E-state index in [-0.39, 0.29) is 0 Å². The molecule has 0 amide bonds. The molecule has 1 aromatic heterocycles. The number of hydrogen-bond donors (Lipinski definition) is 1. The Labute approximate surface area is 86.6 Å². The van der Waals surface area contributed by atoms with Crippen molar-refractivity contribution < 1.29 is 0 Å². The zero-order valence-electron chi connectivity index (χ0n) is 9.00. The van der Waals surface area contributed by atoms with Crippen molar-refractivity contribution in [2.24, 2.45) is 0 Å². The summed E-state index contributed by atoms with van der Waals surface area (Å²) >= 11 is 0. The molecule has 0 radical (unpaired) electrons. The lowest BCUT2D eigenvalue weighted by atomic mass is 10.3. The fourth-order valence-electron chi connectivity index (χ4n) is 1.49. The molecule has 0 atom stereocenters. The van der Waals surface area contributed by atoms with Gasteiger partial charge in [0.15, 0.2) is 0 Å². The molecule has 14 heavy (non-hydrogen) atoms. The molecule has 0 aliphatic heterocycles. The summed E-state index contributed by atoms with van der Waals surface area (Å²) in [5, 5.41) is 3.40. The van der Waals surface area contributed by atoms with E-state index in [1.165, 1.54) is 12.1 Å². The number of hydrogen-bond acceptors (Lipinski definition) is 1. The summed E-state index contributed by atoms with van der Waals surface area (Å²) < 4.78 is 2.31. The smallest absolute Gasteiger partial charge is 0.0359 e. The van der Waals surface area contributed by atoms with Crippen molar-refractivity contribution in [1.82, 2.24) is 9.88 Å². The van der Waals surface area contributed by atoms with Crippen molar-refractivity contribution in [2.75, 3.05) is 6.54 Å². The molecule has 0 bridgehead atoms. The average molecular weight is 192 g/mol. The Bertz CT molecular complexity index is 263. The number of nitrogens with one attached hydrogen (secondary N) is 1. The van der Waals surface area contributed by atoms with E-state index in [1.54, 1.807) is 0 Å². The largest absolute Gasteiger partial charge is 0.350 e. The van der Waals surface area contributed by atoms with Crippen LogP contribution in [0.5, 0.6) is 0 Å². The van der Waals surface area contributed by atoms with Gasteiger partial charge in [-0.15, -0.1) is 6.58 Å². The van der Waals surface area contributed by atoms with Crippen LogP contribution in [0.1, 0.15) is 25.5 Å². The molecule has 1 N–H and O–H groups in total. The van der Waals surface area contributed by atoms with Crippen LogP contribution in [0.4, 0.5) is 0 Å². The predicted octanol–water partition coefficient (Wildman–Crippen LogP) is 2.56. The van der Waals surface area contributed by atoms with Crippen molar-refractivity contribution in [3.05, 3.63) is 36.7 Å². The molecule has 0 aliphatic rings. The van der Waals surface area contributed by atoms with Crippen LogP contribution in [-0.2, 0) is 13.1 Å². The standard InChI is InChI=1S/C12H20N2/c1-3-5-8-13-11-12-7-6-10-14(12)9-4-2/h3,6-7,10,13H,1,4-5,8-9,11H2,2H3. The number of aromatic nitrogens is 1. The van der Waals surface area contributed by atoms with Gasteiger partial charge in [0, 0.05) is 25.0 Å². The lowest BCUT2D eigenvalue weighted by Crippen LogP contribution is -2.16. The first-order chi connectivity index (χ1) is 6.88. The summed E-state index contributed by atoms with van der Waals surface area (Å²) in [6, 6.07) is 4.29. The van der Waals surface area contributed by atoms with E-state index >= 15 is 0 Å². The van der Waals surface area contributed by atoms with Gasteiger partial charge in [-0.05, 0) is 31.5 Å². The Hall–Kier alpha value is -1.02. The predicted molar refractivity (Wildman–Crippen MR) is 61.2 cm³/mol. The van der Waals surface area contributed by atoms with E-state index in [2.05, 4.69) is 41.7 Å². The quantitative estimate of drug-likeness (QED) is 0.519. The molecular weight excluding hydrogens is 172 g/mol. The molecule has 1 aromatic rings. The first-order valence-electron chi connectivity index (χ1n) is 5.34. The minimum absolute atomic E-state index is 0.959. The van der Waals surface area contributed by atoms with Gasteiger partial charge < -0.3 is 9.88 Å². The van der Waals surface area contributed by atoms with Gasteiger partial charge in [-0.3, -0.25) is 0 Å². The van der Waals surface area contributed by atoms with Gasteiger partial charge in [-0.2, -0.15) is 0 Å². The molecule has 0 spiro atoms. The highest BCUT2D eigenvalue weighted by Gasteiger charge is 1.98. The van der Waals surface area contributed by atoms with E-state index < -0.39 is 0 Å². The molecule has 0 fully saturated rings. The summed E-state index contributed by atoms with van der Waals surface area (Å²) in [6.07, 6.45) is 6.31. The van der Waals surface area contributed by atoms with Gasteiger partial charge in [-0.25, -0.2) is 0 Å². The Morgan fingerprint density at radius 1 is 1.57 bits per heavy atom. The van der Waals surface area contributed by atoms with Gasteiger partial charge in [0.05, 0.1) is 0 Å². The molecule has 2 heteroatoms. The SMILES string of the molecule is C=CCCNCc1cccn1CCC. The van der Waals surface area contributed by atoms with Crippen LogP contribution in [0.2, 0.25) is 0 Å². The van der Waals surface area contributed by atoms with E-state index in [1.807, 2.05) is 6.08 Å². The molecule has 2 nitrogen and oxygen atoms in total. The van der Waals surface area contributed by atoms with Crippen LogP contribution >= 0.6 is 0 Å². The van der Waals surface area contributed by atoms with Crippen LogP contribution in [0.3, 0.4) is 0 Å². The summed E-state index contributed by atoms with van der Waals surface area (Å²) in [6.45, 7) is 8.99. The second kappa shape index (κ2) is 6.44. The van der Waals surface area contributed by atoms with Crippen molar-refractivity contribution in [2.45, 2.75) is 32.9 Å². The Kier molecular flexibility index (Phi) is 5.08. The van der Waals surface area contributed by atoms with E-state index in [0.29, 0.717) is 0 Å². The average Bonchev–Trinajstić information content (AvgIpc) is 2.61. The van der Waals surface area contributed by atoms with Crippen LogP contribution in [0.15, 0.2) is 31.0 Å². The molecule has 0 saturated carbocycles. The maximum atomic E-state index is 3.70. The second-order valence-corrected chi connectivity index (χ2v) is 3.45. The Morgan fingerprint density at radius 3 is 3.14 bits per heavy atom. The lowest BCUT2D eigenvalue weighted by molar-refractivity contribution is 0.605. The summed E-state index contributed by atoms with van der Waals surface area (Å²) in [4.78, 5) is 0. The van der Waals surface area contributed by atoms with Gasteiger partial charge in [0.25, 0.3) is 0 Å². The lowest BCUT2D eigenvalue weighted by Gasteiger charge is -2.08. The molecule has 0 saturated heterocycles. The number of rotatable bonds is 7. The first-order valence-corrected chi connectivity index (χ1v) is 5.34. The van der Waals surface area contributed by atoms with Gasteiger partial charge in [0.1, 0.15) is 0 Å². The maximum absolute atomic E-state index is 3.70. The summed E-state index contributed by atoms with van der Waals surface area (Å²) in [5.74, 6) is 0. The highest BCUT2D eigenvalue weighted by molar-refractivity contribution is 5.06. The second-order valence-electron chi connectivity index (χ2n) is 3.45. The molecular formula is C12H20N2. The highest BCUT2D eigenvalue weighted by atomic mass is 15.0. The van der Waals surface area contributed by atoms with Crippen molar-refractivity contribution in [3.63, 3.8) is 0 Å². The zero-order chi connectivity index (χ0) is 10.2. The third-order valence-electron chi connectivity index (χ3n) is 2.22. The van der Waals surface area contributed by atoms with Gasteiger partial charge >= 0.3 is 0 Å². The van der Waals surface area contributed by atoms with Gasteiger partial charge in [0.2, 0.25) is 0 Å². The Balaban J connectivity index is 2.33. The van der Waals surface area contributed by atoms with Crippen molar-refractivity contribution in [1.29, 1.82) is 0 Å². The van der Waals surface area contributed by atoms with E-state index in [9.17, 15) is 0 Å². The van der Waals surface area contributed by atoms with Crippen LogP contribution < -0.4 is 5.32 Å². The van der Waals surface area contributed by atoms with E-state index in [0.717, 1.165) is 26.1 Å². The maximum Gasteiger partial charge on any atom is 0.0359 e. The molecule has 1 heterocycles. The topological polar surface area (TPSA) is 17.0 Å². The monoisotopic (exact) mass is 192 g/mol. The first kappa shape index (κ1) is 11.1. The van der Waals surface area contributed by atoms with Crippen LogP contribution in [0, 0.1) is 0 Å². The fourth-order valence-corrected chi connectivity index (χ4v) is 1.49. The molecule has 0 aliphatic carbocycles. The molecule has 0 unspecified atom stereocenters. The van der Waals surface area contributed by atoms with Crippen molar-refractivity contribution >= 4 is 0 Å². The third-order valence-corrected chi connectivity index (χ3v) is 2.22. The summed E-state index contributed by atoms with van der Waals surface area (Å²) in [7, 11) is 0. The van der Waals surface area contributed by atoms with E-state index in [4.69, 9.17) is 0 Å². The fraction of sp³-hybridized carbons (Fsp3) is 0.500. The number of nitrogens with zero attached hydrogens (tertiary/aromatic N) is 1. The van der Waals surface area contributed by atoms with Gasteiger partial charge in [-0.1, -0.05) is 13.0 Å². The number of aryl methyl sites for hydroxylation is 1. The summed E-state index contributed by atoms with van der Waals surface area (Å²) in [5.41, 5.74) is 1.37. The zero-order valence-corrected chi connectivity index (χ0v) is 9.00. The van der Waals surface area contributed by atoms with Crippen molar-refractivity contribution in [3.8, 4) is 0 Å². The van der Waals surface area contributed by atoms with Crippen LogP contribution in [0.25, 0.3) is 0 Å². The molecule has 0 aromatic carbocycles. The minimum Gasteiger partial charge on any atom is -0.350 e. The Morgan fingerprint density at radius 2 is 2.43 bits per heavy atom. The highest BCUT2D eigenvalue weighted by Crippen LogP contribution is 2.02. The third kappa shape index (κ3) is 3.38. The molecule has 78 valence electrons. The molecule has 1 rings (SSSR count). The minimum atomic E-state index is 0.959.